The molecule has 0 aliphatic rings. The molecule has 1 rings (SSSR count). The van der Waals surface area contributed by atoms with Gasteiger partial charge in [0.2, 0.25) is 0 Å². The van der Waals surface area contributed by atoms with Crippen LogP contribution in [0.4, 0.5) is 0 Å². The Morgan fingerprint density at radius 1 is 1.44 bits per heavy atom. The van der Waals surface area contributed by atoms with Crippen molar-refractivity contribution in [3.05, 3.63) is 22.6 Å². The number of aryl methyl sites for hydroxylation is 1. The summed E-state index contributed by atoms with van der Waals surface area (Å²) in [5.74, 6) is 0.488. The number of nitrogens with zero attached hydrogens (tertiary/aromatic N) is 2. The van der Waals surface area contributed by atoms with Crippen LogP contribution in [0, 0.1) is 0 Å². The van der Waals surface area contributed by atoms with E-state index in [0.717, 1.165) is 12.8 Å². The predicted molar refractivity (Wildman–Crippen MR) is 71.8 cm³/mol. The van der Waals surface area contributed by atoms with Crippen LogP contribution >= 0.6 is 0 Å². The predicted octanol–water partition coefficient (Wildman–Crippen LogP) is 1.55. The van der Waals surface area contributed by atoms with Gasteiger partial charge in [-0.25, -0.2) is 4.68 Å². The van der Waals surface area contributed by atoms with Crippen LogP contribution in [0.3, 0.4) is 0 Å². The van der Waals surface area contributed by atoms with Crippen molar-refractivity contribution in [1.29, 1.82) is 0 Å². The summed E-state index contributed by atoms with van der Waals surface area (Å²) >= 11 is 0. The number of ether oxygens (including phenoxy) is 1. The van der Waals surface area contributed by atoms with E-state index in [0.29, 0.717) is 18.9 Å². The van der Waals surface area contributed by atoms with Gasteiger partial charge in [-0.3, -0.25) is 4.79 Å². The topological polar surface area (TPSA) is 70.1 Å². The van der Waals surface area contributed by atoms with Gasteiger partial charge in [0.25, 0.3) is 5.56 Å². The number of aromatic nitrogens is 2. The third-order valence-electron chi connectivity index (χ3n) is 2.58. The zero-order chi connectivity index (χ0) is 13.4. The smallest absolute Gasteiger partial charge is 0.270 e. The van der Waals surface area contributed by atoms with Crippen molar-refractivity contribution >= 4 is 0 Å². The quantitative estimate of drug-likeness (QED) is 0.714. The molecule has 0 bridgehead atoms. The Bertz CT molecular complexity index is 401. The van der Waals surface area contributed by atoms with Crippen molar-refractivity contribution in [3.8, 4) is 5.75 Å². The maximum atomic E-state index is 11.7. The first-order valence-corrected chi connectivity index (χ1v) is 6.59. The van der Waals surface area contributed by atoms with Gasteiger partial charge in [-0.2, -0.15) is 5.10 Å². The Kier molecular flexibility index (Phi) is 6.43. The fourth-order valence-electron chi connectivity index (χ4n) is 1.58. The zero-order valence-corrected chi connectivity index (χ0v) is 11.3. The van der Waals surface area contributed by atoms with Crippen LogP contribution in [-0.4, -0.2) is 22.4 Å². The Labute approximate surface area is 108 Å². The van der Waals surface area contributed by atoms with Gasteiger partial charge in [-0.15, -0.1) is 0 Å². The lowest BCUT2D eigenvalue weighted by Gasteiger charge is -2.09. The Morgan fingerprint density at radius 2 is 2.22 bits per heavy atom. The van der Waals surface area contributed by atoms with E-state index in [1.807, 2.05) is 6.92 Å². The molecule has 18 heavy (non-hydrogen) atoms. The summed E-state index contributed by atoms with van der Waals surface area (Å²) in [4.78, 5) is 11.7. The molecule has 102 valence electrons. The molecular formula is C13H23N3O2. The van der Waals surface area contributed by atoms with Crippen LogP contribution in [0.5, 0.6) is 5.75 Å². The SMILES string of the molecule is CCCCCCn1ncc(OCC(C)N)cc1=O. The van der Waals surface area contributed by atoms with Gasteiger partial charge in [0.05, 0.1) is 6.20 Å². The largest absolute Gasteiger partial charge is 0.490 e. The van der Waals surface area contributed by atoms with E-state index in [1.165, 1.54) is 23.6 Å². The highest BCUT2D eigenvalue weighted by atomic mass is 16.5. The molecule has 0 fully saturated rings. The molecule has 2 N–H and O–H groups in total. The summed E-state index contributed by atoms with van der Waals surface area (Å²) in [5, 5.41) is 4.09. The summed E-state index contributed by atoms with van der Waals surface area (Å²) < 4.78 is 6.83. The van der Waals surface area contributed by atoms with Crippen LogP contribution in [0.25, 0.3) is 0 Å². The highest BCUT2D eigenvalue weighted by Crippen LogP contribution is 2.05. The third-order valence-corrected chi connectivity index (χ3v) is 2.58. The second-order valence-electron chi connectivity index (χ2n) is 4.60. The van der Waals surface area contributed by atoms with E-state index < -0.39 is 0 Å². The molecule has 1 aromatic rings. The molecule has 1 aromatic heterocycles. The summed E-state index contributed by atoms with van der Waals surface area (Å²) in [6, 6.07) is 1.41. The molecule has 0 spiro atoms. The van der Waals surface area contributed by atoms with Crippen LogP contribution < -0.4 is 16.0 Å². The summed E-state index contributed by atoms with van der Waals surface area (Å²) in [6.45, 7) is 5.07. The van der Waals surface area contributed by atoms with Crippen LogP contribution in [0.15, 0.2) is 17.1 Å². The van der Waals surface area contributed by atoms with Crippen molar-refractivity contribution in [2.75, 3.05) is 6.61 Å². The number of hydrogen-bond donors (Lipinski definition) is 1. The number of unbranched alkanes of at least 4 members (excludes halogenated alkanes) is 3. The number of nitrogens with two attached hydrogens (primary N) is 1. The molecular weight excluding hydrogens is 230 g/mol. The Balaban J connectivity index is 2.49. The lowest BCUT2D eigenvalue weighted by Crippen LogP contribution is -2.26. The Morgan fingerprint density at radius 3 is 2.83 bits per heavy atom. The van der Waals surface area contributed by atoms with Crippen molar-refractivity contribution in [2.45, 2.75) is 52.1 Å². The molecule has 5 nitrogen and oxygen atoms in total. The summed E-state index contributed by atoms with van der Waals surface area (Å²) in [5.41, 5.74) is 5.46. The summed E-state index contributed by atoms with van der Waals surface area (Å²) in [6.07, 6.45) is 6.08. The molecule has 1 atom stereocenters. The highest BCUT2D eigenvalue weighted by molar-refractivity contribution is 5.13. The van der Waals surface area contributed by atoms with Gasteiger partial charge < -0.3 is 10.5 Å². The van der Waals surface area contributed by atoms with Crippen LogP contribution in [-0.2, 0) is 6.54 Å². The minimum atomic E-state index is -0.117. The number of hydrogen-bond acceptors (Lipinski definition) is 4. The highest BCUT2D eigenvalue weighted by Gasteiger charge is 2.02. The van der Waals surface area contributed by atoms with E-state index in [4.69, 9.17) is 10.5 Å². The first kappa shape index (κ1) is 14.7. The lowest BCUT2D eigenvalue weighted by molar-refractivity contribution is 0.292. The van der Waals surface area contributed by atoms with Gasteiger partial charge in [0.1, 0.15) is 12.4 Å². The average molecular weight is 253 g/mol. The molecule has 0 saturated heterocycles. The maximum Gasteiger partial charge on any atom is 0.270 e. The minimum absolute atomic E-state index is 0.0542. The van der Waals surface area contributed by atoms with Crippen LogP contribution in [0.2, 0.25) is 0 Å². The standard InChI is InChI=1S/C13H23N3O2/c1-3-4-5-6-7-16-13(17)8-12(9-15-16)18-10-11(2)14/h8-9,11H,3-7,10,14H2,1-2H3. The molecule has 0 aromatic carbocycles. The van der Waals surface area contributed by atoms with Crippen molar-refractivity contribution in [2.24, 2.45) is 5.73 Å². The van der Waals surface area contributed by atoms with E-state index in [1.54, 1.807) is 6.20 Å². The molecule has 1 heterocycles. The molecule has 1 unspecified atom stereocenters. The van der Waals surface area contributed by atoms with E-state index in [9.17, 15) is 4.79 Å². The monoisotopic (exact) mass is 253 g/mol. The fraction of sp³-hybridized carbons (Fsp3) is 0.692. The molecule has 0 aliphatic carbocycles. The second-order valence-corrected chi connectivity index (χ2v) is 4.60. The first-order chi connectivity index (χ1) is 8.63. The van der Waals surface area contributed by atoms with Gasteiger partial charge in [0.15, 0.2) is 0 Å². The van der Waals surface area contributed by atoms with Gasteiger partial charge in [-0.1, -0.05) is 26.2 Å². The van der Waals surface area contributed by atoms with Crippen LogP contribution in [0.1, 0.15) is 39.5 Å². The van der Waals surface area contributed by atoms with Crippen molar-refractivity contribution < 1.29 is 4.74 Å². The van der Waals surface area contributed by atoms with Gasteiger partial charge in [0, 0.05) is 18.7 Å². The third kappa shape index (κ3) is 5.31. The minimum Gasteiger partial charge on any atom is -0.490 e. The fourth-order valence-corrected chi connectivity index (χ4v) is 1.58. The molecule has 0 saturated carbocycles. The second kappa shape index (κ2) is 7.87. The molecule has 5 heteroatoms. The van der Waals surface area contributed by atoms with E-state index in [2.05, 4.69) is 12.0 Å². The van der Waals surface area contributed by atoms with Gasteiger partial charge >= 0.3 is 0 Å². The molecule has 0 amide bonds. The van der Waals surface area contributed by atoms with Crippen molar-refractivity contribution in [1.82, 2.24) is 9.78 Å². The average Bonchev–Trinajstić information content (AvgIpc) is 2.34. The summed E-state index contributed by atoms with van der Waals surface area (Å²) in [7, 11) is 0. The number of rotatable bonds is 8. The van der Waals surface area contributed by atoms with Crippen molar-refractivity contribution in [3.63, 3.8) is 0 Å². The van der Waals surface area contributed by atoms with Gasteiger partial charge in [-0.05, 0) is 13.3 Å². The molecule has 0 aliphatic heterocycles. The van der Waals surface area contributed by atoms with E-state index >= 15 is 0 Å². The van der Waals surface area contributed by atoms with E-state index in [-0.39, 0.29) is 11.6 Å². The maximum absolute atomic E-state index is 11.7. The Hall–Kier alpha value is -1.36. The normalized spacial score (nSPS) is 12.4. The molecule has 0 radical (unpaired) electrons. The first-order valence-electron chi connectivity index (χ1n) is 6.59. The zero-order valence-electron chi connectivity index (χ0n) is 11.3. The lowest BCUT2D eigenvalue weighted by atomic mass is 10.2.